The van der Waals surface area contributed by atoms with Gasteiger partial charge in [0.05, 0.1) is 33.1 Å². The van der Waals surface area contributed by atoms with Crippen molar-refractivity contribution in [3.05, 3.63) is 80.5 Å². The molecule has 1 aliphatic carbocycles. The first-order chi connectivity index (χ1) is 17.4. The molecular weight excluding hydrogens is 480 g/mol. The molecule has 188 valence electrons. The lowest BCUT2D eigenvalue weighted by molar-refractivity contribution is -0.119. The van der Waals surface area contributed by atoms with Crippen molar-refractivity contribution in [3.63, 3.8) is 0 Å². The van der Waals surface area contributed by atoms with Crippen molar-refractivity contribution in [1.29, 1.82) is 0 Å². The lowest BCUT2D eigenvalue weighted by Crippen LogP contribution is -2.26. The van der Waals surface area contributed by atoms with Crippen LogP contribution in [0.1, 0.15) is 36.1 Å². The van der Waals surface area contributed by atoms with Crippen LogP contribution in [0.3, 0.4) is 0 Å². The van der Waals surface area contributed by atoms with Crippen molar-refractivity contribution in [3.8, 4) is 28.4 Å². The number of carbonyl (C=O) groups excluding carboxylic acids is 1. The molecule has 0 saturated heterocycles. The van der Waals surface area contributed by atoms with Gasteiger partial charge in [0.25, 0.3) is 0 Å². The molecule has 7 nitrogen and oxygen atoms in total. The molecule has 1 atom stereocenters. The largest absolute Gasteiger partial charge is 0.493 e. The van der Waals surface area contributed by atoms with Gasteiger partial charge in [-0.2, -0.15) is 0 Å². The van der Waals surface area contributed by atoms with Crippen molar-refractivity contribution < 1.29 is 19.0 Å². The highest BCUT2D eigenvalue weighted by Gasteiger charge is 2.29. The second-order valence-corrected chi connectivity index (χ2v) is 9.01. The summed E-state index contributed by atoms with van der Waals surface area (Å²) >= 11 is 5.99. The molecule has 0 aliphatic heterocycles. The predicted octanol–water partition coefficient (Wildman–Crippen LogP) is 5.13. The first-order valence-electron chi connectivity index (χ1n) is 11.6. The third-order valence-electron chi connectivity index (χ3n) is 6.31. The number of benzene rings is 2. The number of hydrogen-bond acceptors (Lipinski definition) is 6. The fourth-order valence-corrected chi connectivity index (χ4v) is 4.78. The summed E-state index contributed by atoms with van der Waals surface area (Å²) in [6.07, 6.45) is 1.25. The Morgan fingerprint density at radius 3 is 2.36 bits per heavy atom. The molecule has 0 bridgehead atoms. The summed E-state index contributed by atoms with van der Waals surface area (Å²) in [6.45, 7) is 1.94. The SMILES string of the molecule is COc1cc2c(c(OC)c1OC)-c1ccc(NCc3ccc(Cl)cc3)c(=O)cc1[C@@H](NC(C)=O)CC2. The van der Waals surface area contributed by atoms with Crippen molar-refractivity contribution in [2.75, 3.05) is 26.6 Å². The van der Waals surface area contributed by atoms with E-state index in [-0.39, 0.29) is 17.4 Å². The van der Waals surface area contributed by atoms with E-state index < -0.39 is 0 Å². The molecule has 0 aromatic heterocycles. The maximum atomic E-state index is 13.3. The van der Waals surface area contributed by atoms with Crippen LogP contribution in [0.25, 0.3) is 11.1 Å². The monoisotopic (exact) mass is 508 g/mol. The highest BCUT2D eigenvalue weighted by Crippen LogP contribution is 2.50. The Kier molecular flexibility index (Phi) is 7.70. The number of hydrogen-bond donors (Lipinski definition) is 2. The number of anilines is 1. The second kappa shape index (κ2) is 10.9. The Bertz CT molecular complexity index is 1340. The maximum absolute atomic E-state index is 13.3. The van der Waals surface area contributed by atoms with E-state index in [0.29, 0.717) is 47.3 Å². The van der Waals surface area contributed by atoms with Crippen molar-refractivity contribution in [2.24, 2.45) is 0 Å². The van der Waals surface area contributed by atoms with Crippen molar-refractivity contribution >= 4 is 23.2 Å². The van der Waals surface area contributed by atoms with Gasteiger partial charge in [-0.25, -0.2) is 0 Å². The average molecular weight is 509 g/mol. The van der Waals surface area contributed by atoms with E-state index in [1.54, 1.807) is 33.5 Å². The van der Waals surface area contributed by atoms with Gasteiger partial charge in [0.15, 0.2) is 11.5 Å². The Balaban J connectivity index is 1.89. The van der Waals surface area contributed by atoms with Crippen LogP contribution in [-0.2, 0) is 17.8 Å². The quantitative estimate of drug-likeness (QED) is 0.460. The molecule has 0 saturated carbocycles. The maximum Gasteiger partial charge on any atom is 0.217 e. The van der Waals surface area contributed by atoms with E-state index >= 15 is 0 Å². The van der Waals surface area contributed by atoms with Crippen LogP contribution in [0.4, 0.5) is 5.69 Å². The first-order valence-corrected chi connectivity index (χ1v) is 12.0. The van der Waals surface area contributed by atoms with Crippen LogP contribution in [-0.4, -0.2) is 27.2 Å². The number of ether oxygens (including phenoxy) is 3. The zero-order valence-corrected chi connectivity index (χ0v) is 21.5. The molecule has 1 aliphatic rings. The topological polar surface area (TPSA) is 85.9 Å². The zero-order chi connectivity index (χ0) is 25.8. The molecule has 0 spiro atoms. The minimum absolute atomic E-state index is 0.168. The summed E-state index contributed by atoms with van der Waals surface area (Å²) in [6, 6.07) is 14.3. The number of fused-ring (bicyclic) bond motifs is 3. The number of carbonyl (C=O) groups is 1. The van der Waals surface area contributed by atoms with Crippen molar-refractivity contribution in [2.45, 2.75) is 32.4 Å². The smallest absolute Gasteiger partial charge is 0.217 e. The highest BCUT2D eigenvalue weighted by molar-refractivity contribution is 6.30. The van der Waals surface area contributed by atoms with Gasteiger partial charge >= 0.3 is 0 Å². The summed E-state index contributed by atoms with van der Waals surface area (Å²) < 4.78 is 17.0. The summed E-state index contributed by atoms with van der Waals surface area (Å²) in [5, 5.41) is 6.91. The van der Waals surface area contributed by atoms with Gasteiger partial charge < -0.3 is 24.8 Å². The van der Waals surface area contributed by atoms with E-state index in [4.69, 9.17) is 25.8 Å². The lowest BCUT2D eigenvalue weighted by Gasteiger charge is -2.19. The van der Waals surface area contributed by atoms with Gasteiger partial charge in [-0.15, -0.1) is 0 Å². The minimum Gasteiger partial charge on any atom is -0.493 e. The second-order valence-electron chi connectivity index (χ2n) is 8.58. The summed E-state index contributed by atoms with van der Waals surface area (Å²) in [5.41, 5.74) is 4.57. The van der Waals surface area contributed by atoms with Crippen LogP contribution in [0.15, 0.2) is 53.3 Å². The molecule has 2 N–H and O–H groups in total. The van der Waals surface area contributed by atoms with Crippen LogP contribution in [0, 0.1) is 0 Å². The summed E-state index contributed by atoms with van der Waals surface area (Å²) in [4.78, 5) is 25.4. The Labute approximate surface area is 215 Å². The number of amides is 1. The van der Waals surface area contributed by atoms with Crippen LogP contribution in [0.2, 0.25) is 5.02 Å². The molecule has 36 heavy (non-hydrogen) atoms. The summed E-state index contributed by atoms with van der Waals surface area (Å²) in [5.74, 6) is 1.38. The molecule has 1 amide bonds. The number of rotatable bonds is 7. The number of aryl methyl sites for hydroxylation is 1. The molecule has 0 unspecified atom stereocenters. The van der Waals surface area contributed by atoms with Gasteiger partial charge in [0.1, 0.15) is 0 Å². The van der Waals surface area contributed by atoms with Gasteiger partial charge in [-0.05, 0) is 65.4 Å². The Morgan fingerprint density at radius 2 is 1.72 bits per heavy atom. The predicted molar refractivity (Wildman–Crippen MR) is 141 cm³/mol. The number of nitrogens with one attached hydrogen (secondary N) is 2. The number of methoxy groups -OCH3 is 3. The minimum atomic E-state index is -0.351. The molecule has 0 radical (unpaired) electrons. The number of halogens is 1. The molecule has 0 heterocycles. The van der Waals surface area contributed by atoms with Crippen LogP contribution in [0.5, 0.6) is 17.2 Å². The molecule has 3 aromatic carbocycles. The zero-order valence-electron chi connectivity index (χ0n) is 20.7. The molecule has 4 rings (SSSR count). The van der Waals surface area contributed by atoms with Crippen LogP contribution >= 0.6 is 11.6 Å². The molecule has 3 aromatic rings. The van der Waals surface area contributed by atoms with Crippen LogP contribution < -0.4 is 30.3 Å². The molecular formula is C28H29ClN2O5. The summed E-state index contributed by atoms with van der Waals surface area (Å²) in [7, 11) is 4.72. The lowest BCUT2D eigenvalue weighted by atomic mass is 9.95. The fraction of sp³-hybridized carbons (Fsp3) is 0.286. The Hall–Kier alpha value is -3.71. The third-order valence-corrected chi connectivity index (χ3v) is 6.56. The molecule has 0 fully saturated rings. The van der Waals surface area contributed by atoms with Gasteiger partial charge in [0, 0.05) is 24.1 Å². The van der Waals surface area contributed by atoms with E-state index in [1.807, 2.05) is 36.4 Å². The third kappa shape index (κ3) is 5.11. The van der Waals surface area contributed by atoms with Gasteiger partial charge in [0.2, 0.25) is 17.1 Å². The van der Waals surface area contributed by atoms with E-state index in [9.17, 15) is 9.59 Å². The van der Waals surface area contributed by atoms with E-state index in [2.05, 4.69) is 10.6 Å². The van der Waals surface area contributed by atoms with Gasteiger partial charge in [-0.1, -0.05) is 29.8 Å². The van der Waals surface area contributed by atoms with Gasteiger partial charge in [-0.3, -0.25) is 9.59 Å². The fourth-order valence-electron chi connectivity index (χ4n) is 4.65. The first kappa shape index (κ1) is 25.4. The Morgan fingerprint density at radius 1 is 1.00 bits per heavy atom. The highest BCUT2D eigenvalue weighted by atomic mass is 35.5. The average Bonchev–Trinajstić information content (AvgIpc) is 3.11. The van der Waals surface area contributed by atoms with E-state index in [0.717, 1.165) is 27.8 Å². The van der Waals surface area contributed by atoms with Crippen molar-refractivity contribution in [1.82, 2.24) is 5.32 Å². The molecule has 8 heteroatoms. The standard InChI is InChI=1S/C28H29ClN2O5/c1-16(32)31-22-11-7-18-13-25(34-2)27(35-3)28(36-4)26(18)20-10-12-23(24(33)14-21(20)22)30-15-17-5-8-19(29)9-6-17/h5-6,8-10,12-14,22H,7,11,15H2,1-4H3,(H,30,33)(H,31,32)/t22-/m0/s1. The normalized spacial score (nSPS) is 14.1. The van der Waals surface area contributed by atoms with E-state index in [1.165, 1.54) is 6.92 Å².